The number of hydrogen-bond donors (Lipinski definition) is 1. The topological polar surface area (TPSA) is 23.5 Å². The van der Waals surface area contributed by atoms with Gasteiger partial charge in [0.2, 0.25) is 0 Å². The van der Waals surface area contributed by atoms with Gasteiger partial charge in [0.25, 0.3) is 0 Å². The number of anilines is 1. The predicted octanol–water partition coefficient (Wildman–Crippen LogP) is 4.00. The first-order valence-electron chi connectivity index (χ1n) is 6.47. The van der Waals surface area contributed by atoms with Gasteiger partial charge in [-0.15, -0.1) is 0 Å². The van der Waals surface area contributed by atoms with E-state index in [9.17, 15) is 5.11 Å². The summed E-state index contributed by atoms with van der Waals surface area (Å²) in [6, 6.07) is 14.4. The molecule has 1 aliphatic heterocycles. The quantitative estimate of drug-likeness (QED) is 0.894. The van der Waals surface area contributed by atoms with Crippen molar-refractivity contribution >= 4 is 17.3 Å². The van der Waals surface area contributed by atoms with Gasteiger partial charge < -0.3 is 10.0 Å². The lowest BCUT2D eigenvalue weighted by atomic mass is 10.1. The maximum atomic E-state index is 9.47. The average molecular weight is 274 g/mol. The first-order valence-corrected chi connectivity index (χ1v) is 6.85. The normalized spacial score (nSPS) is 17.6. The minimum atomic E-state index is 0.139. The Morgan fingerprint density at radius 3 is 2.84 bits per heavy atom. The highest BCUT2D eigenvalue weighted by Crippen LogP contribution is 2.34. The summed E-state index contributed by atoms with van der Waals surface area (Å²) in [5, 5.41) is 9.88. The molecule has 2 aromatic rings. The van der Waals surface area contributed by atoms with Gasteiger partial charge in [-0.25, -0.2) is 0 Å². The number of nitrogens with zero attached hydrogens (tertiary/aromatic N) is 1. The van der Waals surface area contributed by atoms with Crippen LogP contribution in [0.25, 0.3) is 0 Å². The van der Waals surface area contributed by atoms with Crippen LogP contribution in [0.4, 0.5) is 5.69 Å². The molecular weight excluding hydrogens is 258 g/mol. The number of fused-ring (bicyclic) bond motifs is 1. The van der Waals surface area contributed by atoms with Crippen molar-refractivity contribution in [3.63, 3.8) is 0 Å². The number of aromatic hydroxyl groups is 1. The van der Waals surface area contributed by atoms with Gasteiger partial charge in [0.1, 0.15) is 5.75 Å². The molecule has 0 saturated heterocycles. The van der Waals surface area contributed by atoms with Crippen molar-refractivity contribution in [3.8, 4) is 5.75 Å². The summed E-state index contributed by atoms with van der Waals surface area (Å²) in [7, 11) is 0. The third-order valence-corrected chi connectivity index (χ3v) is 4.02. The molecule has 0 spiro atoms. The van der Waals surface area contributed by atoms with Crippen LogP contribution in [-0.4, -0.2) is 11.1 Å². The molecule has 0 saturated carbocycles. The highest BCUT2D eigenvalue weighted by atomic mass is 35.5. The maximum absolute atomic E-state index is 9.47. The fraction of sp³-hybridized carbons (Fsp3) is 0.250. The average Bonchev–Trinajstić information content (AvgIpc) is 2.71. The SMILES string of the molecule is CC1Cc2ccccc2N1Cc1ccc(O)c(Cl)c1. The van der Waals surface area contributed by atoms with E-state index in [0.29, 0.717) is 11.1 Å². The Hall–Kier alpha value is -1.67. The van der Waals surface area contributed by atoms with E-state index in [1.165, 1.54) is 11.3 Å². The molecular formula is C16H16ClNO. The number of hydrogen-bond acceptors (Lipinski definition) is 2. The molecule has 1 N–H and O–H groups in total. The van der Waals surface area contributed by atoms with Gasteiger partial charge in [-0.3, -0.25) is 0 Å². The van der Waals surface area contributed by atoms with Crippen LogP contribution in [0.2, 0.25) is 5.02 Å². The first-order chi connectivity index (χ1) is 9.15. The molecule has 3 heteroatoms. The number of phenols is 1. The highest BCUT2D eigenvalue weighted by molar-refractivity contribution is 6.32. The third kappa shape index (κ3) is 2.28. The molecule has 1 heterocycles. The largest absolute Gasteiger partial charge is 0.506 e. The van der Waals surface area contributed by atoms with Crippen LogP contribution in [0.15, 0.2) is 42.5 Å². The molecule has 0 amide bonds. The minimum absolute atomic E-state index is 0.139. The Balaban J connectivity index is 1.89. The molecule has 2 aromatic carbocycles. The standard InChI is InChI=1S/C16H16ClNO/c1-11-8-13-4-2-3-5-15(13)18(11)10-12-6-7-16(19)14(17)9-12/h2-7,9,11,19H,8,10H2,1H3. The van der Waals surface area contributed by atoms with E-state index in [1.807, 2.05) is 12.1 Å². The summed E-state index contributed by atoms with van der Waals surface area (Å²) in [6.45, 7) is 3.06. The van der Waals surface area contributed by atoms with E-state index < -0.39 is 0 Å². The Morgan fingerprint density at radius 1 is 1.26 bits per heavy atom. The van der Waals surface area contributed by atoms with Gasteiger partial charge >= 0.3 is 0 Å². The lowest BCUT2D eigenvalue weighted by Gasteiger charge is -2.25. The van der Waals surface area contributed by atoms with Gasteiger partial charge in [0, 0.05) is 18.3 Å². The molecule has 19 heavy (non-hydrogen) atoms. The van der Waals surface area contributed by atoms with Crippen LogP contribution in [0, 0.1) is 0 Å². The molecule has 1 aliphatic rings. The van der Waals surface area contributed by atoms with E-state index in [-0.39, 0.29) is 5.75 Å². The highest BCUT2D eigenvalue weighted by Gasteiger charge is 2.25. The van der Waals surface area contributed by atoms with Gasteiger partial charge in [-0.2, -0.15) is 0 Å². The second kappa shape index (κ2) is 4.78. The summed E-state index contributed by atoms with van der Waals surface area (Å²) < 4.78 is 0. The lowest BCUT2D eigenvalue weighted by Crippen LogP contribution is -2.28. The summed E-state index contributed by atoms with van der Waals surface area (Å²) >= 11 is 5.97. The zero-order valence-corrected chi connectivity index (χ0v) is 11.6. The second-order valence-electron chi connectivity index (χ2n) is 5.10. The number of phenolic OH excluding ortho intramolecular Hbond substituents is 1. The van der Waals surface area contributed by atoms with Crippen LogP contribution < -0.4 is 4.90 Å². The molecule has 0 aliphatic carbocycles. The zero-order chi connectivity index (χ0) is 13.4. The van der Waals surface area contributed by atoms with Crippen molar-refractivity contribution in [2.45, 2.75) is 25.9 Å². The van der Waals surface area contributed by atoms with Gasteiger partial charge in [0.15, 0.2) is 0 Å². The van der Waals surface area contributed by atoms with E-state index in [4.69, 9.17) is 11.6 Å². The molecule has 1 atom stereocenters. The van der Waals surface area contributed by atoms with Crippen molar-refractivity contribution in [1.82, 2.24) is 0 Å². The fourth-order valence-corrected chi connectivity index (χ4v) is 2.92. The number of para-hydroxylation sites is 1. The summed E-state index contributed by atoms with van der Waals surface area (Å²) in [5.74, 6) is 0.139. The van der Waals surface area contributed by atoms with E-state index in [0.717, 1.165) is 18.5 Å². The number of rotatable bonds is 2. The second-order valence-corrected chi connectivity index (χ2v) is 5.50. The van der Waals surface area contributed by atoms with Crippen molar-refractivity contribution in [2.75, 3.05) is 4.90 Å². The Morgan fingerprint density at radius 2 is 2.05 bits per heavy atom. The summed E-state index contributed by atoms with van der Waals surface area (Å²) in [6.07, 6.45) is 1.09. The van der Waals surface area contributed by atoms with E-state index in [2.05, 4.69) is 36.1 Å². The molecule has 0 radical (unpaired) electrons. The van der Waals surface area contributed by atoms with Gasteiger partial charge in [-0.05, 0) is 42.7 Å². The molecule has 98 valence electrons. The molecule has 3 rings (SSSR count). The number of benzene rings is 2. The monoisotopic (exact) mass is 273 g/mol. The van der Waals surface area contributed by atoms with Crippen molar-refractivity contribution in [2.24, 2.45) is 0 Å². The summed E-state index contributed by atoms with van der Waals surface area (Å²) in [5.41, 5.74) is 3.82. The van der Waals surface area contributed by atoms with Crippen LogP contribution in [0.3, 0.4) is 0 Å². The number of halogens is 1. The van der Waals surface area contributed by atoms with Gasteiger partial charge in [0.05, 0.1) is 5.02 Å². The maximum Gasteiger partial charge on any atom is 0.134 e. The van der Waals surface area contributed by atoms with Crippen molar-refractivity contribution in [3.05, 3.63) is 58.6 Å². The van der Waals surface area contributed by atoms with Crippen LogP contribution in [0.5, 0.6) is 5.75 Å². The van der Waals surface area contributed by atoms with Crippen LogP contribution >= 0.6 is 11.6 Å². The van der Waals surface area contributed by atoms with E-state index in [1.54, 1.807) is 6.07 Å². The van der Waals surface area contributed by atoms with Crippen molar-refractivity contribution in [1.29, 1.82) is 0 Å². The molecule has 0 bridgehead atoms. The molecule has 2 nitrogen and oxygen atoms in total. The lowest BCUT2D eigenvalue weighted by molar-refractivity contribution is 0.475. The Kier molecular flexibility index (Phi) is 3.11. The molecule has 0 aromatic heterocycles. The predicted molar refractivity (Wildman–Crippen MR) is 78.9 cm³/mol. The first kappa shape index (κ1) is 12.4. The molecule has 1 unspecified atom stereocenters. The molecule has 0 fully saturated rings. The van der Waals surface area contributed by atoms with Crippen molar-refractivity contribution < 1.29 is 5.11 Å². The fourth-order valence-electron chi connectivity index (χ4n) is 2.72. The smallest absolute Gasteiger partial charge is 0.134 e. The van der Waals surface area contributed by atoms with Gasteiger partial charge in [-0.1, -0.05) is 35.9 Å². The zero-order valence-electron chi connectivity index (χ0n) is 10.8. The minimum Gasteiger partial charge on any atom is -0.506 e. The Bertz CT molecular complexity index is 611. The third-order valence-electron chi connectivity index (χ3n) is 3.71. The van der Waals surface area contributed by atoms with Crippen LogP contribution in [0.1, 0.15) is 18.1 Å². The van der Waals surface area contributed by atoms with E-state index >= 15 is 0 Å². The Labute approximate surface area is 118 Å². The summed E-state index contributed by atoms with van der Waals surface area (Å²) in [4.78, 5) is 2.39. The van der Waals surface area contributed by atoms with Crippen LogP contribution in [-0.2, 0) is 13.0 Å².